The number of carbonyl (C=O) groups excluding carboxylic acids is 2. The van der Waals surface area contributed by atoms with Crippen LogP contribution in [0.15, 0.2) is 53.4 Å². The number of nitrogens with one attached hydrogen (secondary N) is 1. The molecule has 39 heavy (non-hydrogen) atoms. The van der Waals surface area contributed by atoms with Crippen LogP contribution in [0.3, 0.4) is 0 Å². The molecular weight excluding hydrogens is 533 g/mol. The number of benzene rings is 2. The van der Waals surface area contributed by atoms with Crippen LogP contribution in [0, 0.1) is 23.2 Å². The molecule has 206 valence electrons. The van der Waals surface area contributed by atoms with Gasteiger partial charge in [-0.05, 0) is 67.5 Å². The van der Waals surface area contributed by atoms with E-state index in [1.165, 1.54) is 45.6 Å². The molecule has 0 radical (unpaired) electrons. The molecule has 2 saturated heterocycles. The fraction of sp³-hybridized carbons (Fsp3) is 0.444. The van der Waals surface area contributed by atoms with Crippen molar-refractivity contribution < 1.29 is 31.2 Å². The van der Waals surface area contributed by atoms with E-state index in [9.17, 15) is 31.2 Å². The predicted octanol–water partition coefficient (Wildman–Crippen LogP) is 3.72. The molecule has 2 aromatic carbocycles. The lowest BCUT2D eigenvalue weighted by Gasteiger charge is -2.34. The number of sulfonamides is 1. The number of rotatable bonds is 7. The van der Waals surface area contributed by atoms with Crippen molar-refractivity contribution in [3.63, 3.8) is 0 Å². The lowest BCUT2D eigenvalue weighted by atomic mass is 10.00. The first-order chi connectivity index (χ1) is 18.5. The van der Waals surface area contributed by atoms with Gasteiger partial charge in [0.1, 0.15) is 6.04 Å². The zero-order valence-electron chi connectivity index (χ0n) is 20.9. The molecule has 0 aromatic heterocycles. The maximum Gasteiger partial charge on any atom is 0.416 e. The third-order valence-corrected chi connectivity index (χ3v) is 9.38. The van der Waals surface area contributed by atoms with Gasteiger partial charge in [-0.3, -0.25) is 9.59 Å². The predicted molar refractivity (Wildman–Crippen MR) is 133 cm³/mol. The quantitative estimate of drug-likeness (QED) is 0.555. The molecule has 0 spiro atoms. The molecule has 2 aromatic rings. The summed E-state index contributed by atoms with van der Waals surface area (Å²) in [7, 11) is -3.85. The molecule has 2 heterocycles. The van der Waals surface area contributed by atoms with E-state index in [1.54, 1.807) is 0 Å². The van der Waals surface area contributed by atoms with Crippen LogP contribution < -0.4 is 5.32 Å². The highest BCUT2D eigenvalue weighted by Gasteiger charge is 2.40. The summed E-state index contributed by atoms with van der Waals surface area (Å²) >= 11 is 0. The number of hydrogen-bond donors (Lipinski definition) is 1. The zero-order chi connectivity index (χ0) is 27.9. The first-order valence-electron chi connectivity index (χ1n) is 12.8. The Kier molecular flexibility index (Phi) is 7.15. The van der Waals surface area contributed by atoms with Crippen LogP contribution >= 0.6 is 0 Å². The Morgan fingerprint density at radius 1 is 1.05 bits per heavy atom. The second-order valence-corrected chi connectivity index (χ2v) is 12.2. The van der Waals surface area contributed by atoms with E-state index in [4.69, 9.17) is 5.26 Å². The average molecular weight is 561 g/mol. The standard InChI is InChI=1S/C27H27F3N4O4S/c28-27(29,30)21-10-8-19(9-11-21)24(18-6-7-18)32-25(35)23-5-2-12-34(23)26(36)20-3-1-4-22(13-20)39(37,38)33-15-17(14-31)16-33/h1,3-4,8-11,13,17-18,23-24H,2,5-7,12,15-16H2,(H,32,35)/t23-,24?/m1/s1. The fourth-order valence-electron chi connectivity index (χ4n) is 5.13. The summed E-state index contributed by atoms with van der Waals surface area (Å²) in [4.78, 5) is 28.1. The Morgan fingerprint density at radius 3 is 2.36 bits per heavy atom. The van der Waals surface area contributed by atoms with Crippen molar-refractivity contribution in [2.75, 3.05) is 19.6 Å². The summed E-state index contributed by atoms with van der Waals surface area (Å²) < 4.78 is 66.0. The fourth-order valence-corrected chi connectivity index (χ4v) is 6.71. The molecular formula is C27H27F3N4O4S. The van der Waals surface area contributed by atoms with Crippen molar-refractivity contribution in [2.24, 2.45) is 11.8 Å². The second-order valence-electron chi connectivity index (χ2n) is 10.3. The van der Waals surface area contributed by atoms with Crippen molar-refractivity contribution >= 4 is 21.8 Å². The molecule has 1 unspecified atom stereocenters. The number of halogens is 3. The van der Waals surface area contributed by atoms with Crippen LogP contribution in [0.25, 0.3) is 0 Å². The molecule has 1 saturated carbocycles. The number of nitrogens with zero attached hydrogens (tertiary/aromatic N) is 3. The molecule has 2 atom stereocenters. The van der Waals surface area contributed by atoms with Crippen LogP contribution in [0.4, 0.5) is 13.2 Å². The number of carbonyl (C=O) groups is 2. The molecule has 0 bridgehead atoms. The normalized spacial score (nSPS) is 21.2. The Morgan fingerprint density at radius 2 is 1.74 bits per heavy atom. The maximum absolute atomic E-state index is 13.4. The van der Waals surface area contributed by atoms with Gasteiger partial charge in [0.15, 0.2) is 0 Å². The SMILES string of the molecule is N#CC1CN(S(=O)(=O)c2cccc(C(=O)N3CCC[C@@H]3C(=O)NC(c3ccc(C(F)(F)F)cc3)C3CC3)c2)C1. The van der Waals surface area contributed by atoms with Crippen molar-refractivity contribution in [1.29, 1.82) is 5.26 Å². The van der Waals surface area contributed by atoms with Gasteiger partial charge in [0, 0.05) is 25.2 Å². The zero-order valence-corrected chi connectivity index (χ0v) is 21.7. The topological polar surface area (TPSA) is 111 Å². The number of amides is 2. The van der Waals surface area contributed by atoms with Gasteiger partial charge in [0.2, 0.25) is 15.9 Å². The van der Waals surface area contributed by atoms with Crippen molar-refractivity contribution in [1.82, 2.24) is 14.5 Å². The largest absolute Gasteiger partial charge is 0.416 e. The monoisotopic (exact) mass is 560 g/mol. The van der Waals surface area contributed by atoms with Gasteiger partial charge in [-0.2, -0.15) is 22.7 Å². The lowest BCUT2D eigenvalue weighted by molar-refractivity contribution is -0.137. The molecule has 1 aliphatic carbocycles. The molecule has 1 N–H and O–H groups in total. The van der Waals surface area contributed by atoms with Gasteiger partial charge in [0.25, 0.3) is 5.91 Å². The van der Waals surface area contributed by atoms with E-state index in [1.807, 2.05) is 6.07 Å². The first kappa shape index (κ1) is 27.1. The van der Waals surface area contributed by atoms with Crippen LogP contribution in [-0.2, 0) is 21.0 Å². The molecule has 2 aliphatic heterocycles. The average Bonchev–Trinajstić information content (AvgIpc) is 3.60. The van der Waals surface area contributed by atoms with E-state index >= 15 is 0 Å². The van der Waals surface area contributed by atoms with Gasteiger partial charge >= 0.3 is 6.18 Å². The smallest absolute Gasteiger partial charge is 0.347 e. The number of nitriles is 1. The third-order valence-electron chi connectivity index (χ3n) is 7.55. The van der Waals surface area contributed by atoms with Crippen molar-refractivity contribution in [3.8, 4) is 6.07 Å². The number of alkyl halides is 3. The minimum Gasteiger partial charge on any atom is -0.347 e. The summed E-state index contributed by atoms with van der Waals surface area (Å²) in [6.07, 6.45) is -1.77. The second kappa shape index (κ2) is 10.3. The number of likely N-dealkylation sites (tertiary alicyclic amines) is 1. The van der Waals surface area contributed by atoms with Crippen molar-refractivity contribution in [3.05, 3.63) is 65.2 Å². The molecule has 12 heteroatoms. The minimum absolute atomic E-state index is 0.0546. The van der Waals surface area contributed by atoms with E-state index in [2.05, 4.69) is 5.32 Å². The summed E-state index contributed by atoms with van der Waals surface area (Å²) in [6.45, 7) is 0.525. The molecule has 2 amide bonds. The van der Waals surface area contributed by atoms with E-state index < -0.39 is 39.8 Å². The molecule has 3 aliphatic rings. The molecule has 5 rings (SSSR count). The lowest BCUT2D eigenvalue weighted by Crippen LogP contribution is -2.49. The van der Waals surface area contributed by atoms with Gasteiger partial charge in [0.05, 0.1) is 28.5 Å². The van der Waals surface area contributed by atoms with Crippen molar-refractivity contribution in [2.45, 2.75) is 48.8 Å². The van der Waals surface area contributed by atoms with Crippen LogP contribution in [-0.4, -0.2) is 55.1 Å². The Bertz CT molecular complexity index is 1410. The van der Waals surface area contributed by atoms with E-state index in [0.717, 1.165) is 25.0 Å². The van der Waals surface area contributed by atoms with E-state index in [-0.39, 0.29) is 41.3 Å². The molecule has 3 fully saturated rings. The summed E-state index contributed by atoms with van der Waals surface area (Å²) in [6, 6.07) is 11.2. The van der Waals surface area contributed by atoms with Gasteiger partial charge in [-0.15, -0.1) is 0 Å². The Labute approximate surface area is 224 Å². The summed E-state index contributed by atoms with van der Waals surface area (Å²) in [5.41, 5.74) is -0.0465. The van der Waals surface area contributed by atoms with Crippen LogP contribution in [0.5, 0.6) is 0 Å². The minimum atomic E-state index is -4.45. The highest BCUT2D eigenvalue weighted by Crippen LogP contribution is 2.42. The maximum atomic E-state index is 13.4. The van der Waals surface area contributed by atoms with Crippen LogP contribution in [0.2, 0.25) is 0 Å². The van der Waals surface area contributed by atoms with Gasteiger partial charge < -0.3 is 10.2 Å². The van der Waals surface area contributed by atoms with E-state index in [0.29, 0.717) is 24.9 Å². The first-order valence-corrected chi connectivity index (χ1v) is 14.2. The number of hydrogen-bond acceptors (Lipinski definition) is 5. The van der Waals surface area contributed by atoms with Gasteiger partial charge in [-0.25, -0.2) is 8.42 Å². The Hall–Kier alpha value is -3.43. The van der Waals surface area contributed by atoms with Gasteiger partial charge in [-0.1, -0.05) is 18.2 Å². The summed E-state index contributed by atoms with van der Waals surface area (Å²) in [5, 5.41) is 11.9. The highest BCUT2D eigenvalue weighted by molar-refractivity contribution is 7.89. The summed E-state index contributed by atoms with van der Waals surface area (Å²) in [5.74, 6) is -1.10. The molecule has 8 nitrogen and oxygen atoms in total. The Balaban J connectivity index is 1.30. The van der Waals surface area contributed by atoms with Crippen LogP contribution in [0.1, 0.15) is 53.2 Å². The third kappa shape index (κ3) is 5.51. The highest BCUT2D eigenvalue weighted by atomic mass is 32.2.